The molecule has 5 nitrogen and oxygen atoms in total. The van der Waals surface area contributed by atoms with Crippen molar-refractivity contribution in [2.45, 2.75) is 26.4 Å². The van der Waals surface area contributed by atoms with Crippen LogP contribution in [-0.4, -0.2) is 34.9 Å². The molecule has 2 heterocycles. The van der Waals surface area contributed by atoms with E-state index in [0.717, 1.165) is 11.0 Å². The number of nitrogens with two attached hydrogens (primary N) is 1. The van der Waals surface area contributed by atoms with Gasteiger partial charge in [-0.3, -0.25) is 4.79 Å². The van der Waals surface area contributed by atoms with Crippen LogP contribution in [-0.2, 0) is 0 Å². The molecule has 0 saturated carbocycles. The lowest BCUT2D eigenvalue weighted by Gasteiger charge is -2.38. The number of fused-ring (bicyclic) bond motifs is 1. The summed E-state index contributed by atoms with van der Waals surface area (Å²) in [5, 5.41) is 8.52. The van der Waals surface area contributed by atoms with Crippen molar-refractivity contribution < 1.29 is 9.18 Å². The highest BCUT2D eigenvalue weighted by atomic mass is 19.1. The van der Waals surface area contributed by atoms with Crippen LogP contribution in [0, 0.1) is 5.41 Å². The van der Waals surface area contributed by atoms with E-state index in [2.05, 4.69) is 17.0 Å². The summed E-state index contributed by atoms with van der Waals surface area (Å²) < 4.78 is 16.2. The molecule has 1 aliphatic rings. The normalized spacial score (nSPS) is 23.8. The van der Waals surface area contributed by atoms with E-state index in [9.17, 15) is 9.18 Å². The van der Waals surface area contributed by atoms with E-state index >= 15 is 0 Å². The van der Waals surface area contributed by atoms with Gasteiger partial charge >= 0.3 is 0 Å². The number of piperidine rings is 1. The second kappa shape index (κ2) is 7.48. The fraction of sp³-hybridized carbons (Fsp3) is 0.333. The first kappa shape index (κ1) is 19.0. The Morgan fingerprint density at radius 3 is 2.93 bits per heavy atom. The molecule has 3 N–H and O–H groups in total. The lowest BCUT2D eigenvalue weighted by Crippen LogP contribution is -2.47. The van der Waals surface area contributed by atoms with Crippen molar-refractivity contribution in [2.24, 2.45) is 11.1 Å². The molecule has 142 valence electrons. The van der Waals surface area contributed by atoms with Crippen LogP contribution in [0.4, 0.5) is 4.39 Å². The van der Waals surface area contributed by atoms with Gasteiger partial charge in [0, 0.05) is 23.5 Å². The number of nitrogens with one attached hydrogen (secondary N) is 1. The second-order valence-electron chi connectivity index (χ2n) is 7.10. The fourth-order valence-electron chi connectivity index (χ4n) is 3.56. The molecular weight excluding hydrogens is 343 g/mol. The van der Waals surface area contributed by atoms with Crippen molar-refractivity contribution in [2.75, 3.05) is 13.1 Å². The van der Waals surface area contributed by atoms with Gasteiger partial charge in [0.25, 0.3) is 5.91 Å². The highest BCUT2D eigenvalue weighted by molar-refractivity contribution is 6.04. The van der Waals surface area contributed by atoms with Crippen molar-refractivity contribution in [3.8, 4) is 0 Å². The van der Waals surface area contributed by atoms with Crippen LogP contribution in [0.5, 0.6) is 0 Å². The van der Waals surface area contributed by atoms with Gasteiger partial charge in [-0.2, -0.15) is 5.10 Å². The SMILES string of the molecule is C=C(/C=C\C(=C/C)[C@]1(C)CNCC[C@@H]1F)n1cc2cccc(C(N)=O)c2n1. The molecule has 1 aromatic heterocycles. The first-order valence-corrected chi connectivity index (χ1v) is 9.04. The Kier molecular flexibility index (Phi) is 5.28. The molecule has 27 heavy (non-hydrogen) atoms. The summed E-state index contributed by atoms with van der Waals surface area (Å²) in [6.45, 7) is 9.20. The number of carbonyl (C=O) groups is 1. The van der Waals surface area contributed by atoms with Gasteiger partial charge in [0.05, 0.1) is 11.3 Å². The van der Waals surface area contributed by atoms with Crippen LogP contribution < -0.4 is 11.1 Å². The highest BCUT2D eigenvalue weighted by Crippen LogP contribution is 2.37. The summed E-state index contributed by atoms with van der Waals surface area (Å²) in [6.07, 6.45) is 7.05. The molecule has 0 bridgehead atoms. The Labute approximate surface area is 158 Å². The summed E-state index contributed by atoms with van der Waals surface area (Å²) in [5.74, 6) is -0.519. The third-order valence-electron chi connectivity index (χ3n) is 5.28. The van der Waals surface area contributed by atoms with E-state index in [1.54, 1.807) is 23.0 Å². The predicted molar refractivity (Wildman–Crippen MR) is 107 cm³/mol. The largest absolute Gasteiger partial charge is 0.366 e. The fourth-order valence-corrected chi connectivity index (χ4v) is 3.56. The van der Waals surface area contributed by atoms with Crippen LogP contribution in [0.1, 0.15) is 30.6 Å². The number of primary amides is 1. The number of benzene rings is 1. The molecule has 2 aromatic rings. The van der Waals surface area contributed by atoms with Crippen LogP contribution in [0.15, 0.2) is 54.8 Å². The average molecular weight is 368 g/mol. The Hall–Kier alpha value is -2.73. The third-order valence-corrected chi connectivity index (χ3v) is 5.28. The third kappa shape index (κ3) is 3.57. The number of halogens is 1. The molecule has 1 aromatic carbocycles. The maximum atomic E-state index is 14.6. The van der Waals surface area contributed by atoms with E-state index in [1.165, 1.54) is 0 Å². The first-order valence-electron chi connectivity index (χ1n) is 9.04. The summed E-state index contributed by atoms with van der Waals surface area (Å²) in [4.78, 5) is 11.6. The monoisotopic (exact) mass is 368 g/mol. The number of hydrogen-bond acceptors (Lipinski definition) is 3. The zero-order chi connectivity index (χ0) is 19.6. The first-order chi connectivity index (χ1) is 12.9. The summed E-state index contributed by atoms with van der Waals surface area (Å²) in [5.41, 5.74) is 7.29. The Balaban J connectivity index is 1.87. The van der Waals surface area contributed by atoms with Gasteiger partial charge in [0.1, 0.15) is 11.7 Å². The van der Waals surface area contributed by atoms with E-state index in [1.807, 2.05) is 38.1 Å². The number of hydrogen-bond donors (Lipinski definition) is 2. The standard InChI is InChI=1S/C21H25FN4O/c1-4-16(21(3)13-24-11-10-18(21)22)9-8-14(2)26-12-15-6-5-7-17(20(23)27)19(15)25-26/h4-9,12,18,24H,2,10-11,13H2,1,3H3,(H2,23,27)/b9-8-,16-4+/t18-,21-/m0/s1. The van der Waals surface area contributed by atoms with E-state index in [-0.39, 0.29) is 0 Å². The minimum Gasteiger partial charge on any atom is -0.366 e. The number of aromatic nitrogens is 2. The number of rotatable bonds is 5. The minimum absolute atomic E-state index is 0.373. The second-order valence-corrected chi connectivity index (χ2v) is 7.10. The molecule has 0 unspecified atom stereocenters. The van der Waals surface area contributed by atoms with Crippen LogP contribution >= 0.6 is 0 Å². The molecule has 2 atom stereocenters. The van der Waals surface area contributed by atoms with Crippen molar-refractivity contribution in [1.82, 2.24) is 15.1 Å². The molecule has 6 heteroatoms. The summed E-state index contributed by atoms with van der Waals surface area (Å²) in [6, 6.07) is 5.28. The van der Waals surface area contributed by atoms with Crippen molar-refractivity contribution >= 4 is 22.5 Å². The Bertz CT molecular complexity index is 943. The van der Waals surface area contributed by atoms with E-state index < -0.39 is 17.5 Å². The van der Waals surface area contributed by atoms with Crippen LogP contribution in [0.3, 0.4) is 0 Å². The van der Waals surface area contributed by atoms with Crippen molar-refractivity contribution in [3.05, 3.63) is 60.3 Å². The molecule has 1 fully saturated rings. The van der Waals surface area contributed by atoms with Crippen LogP contribution in [0.25, 0.3) is 16.6 Å². The molecule has 3 rings (SSSR count). The smallest absolute Gasteiger partial charge is 0.250 e. The molecule has 0 radical (unpaired) electrons. The Morgan fingerprint density at radius 2 is 2.26 bits per heavy atom. The maximum absolute atomic E-state index is 14.6. The molecule has 1 saturated heterocycles. The van der Waals surface area contributed by atoms with Crippen molar-refractivity contribution in [1.29, 1.82) is 0 Å². The Morgan fingerprint density at radius 1 is 1.48 bits per heavy atom. The zero-order valence-corrected chi connectivity index (χ0v) is 15.7. The molecule has 0 aliphatic carbocycles. The summed E-state index contributed by atoms with van der Waals surface area (Å²) in [7, 11) is 0. The number of carbonyl (C=O) groups excluding carboxylic acids is 1. The lowest BCUT2D eigenvalue weighted by atomic mass is 9.74. The molecule has 0 spiro atoms. The summed E-state index contributed by atoms with van der Waals surface area (Å²) >= 11 is 0. The zero-order valence-electron chi connectivity index (χ0n) is 15.7. The number of alkyl halides is 1. The van der Waals surface area contributed by atoms with Gasteiger partial charge < -0.3 is 11.1 Å². The number of amides is 1. The van der Waals surface area contributed by atoms with Crippen molar-refractivity contribution in [3.63, 3.8) is 0 Å². The lowest BCUT2D eigenvalue weighted by molar-refractivity contribution is 0.100. The average Bonchev–Trinajstić information content (AvgIpc) is 3.08. The van der Waals surface area contributed by atoms with E-state index in [4.69, 9.17) is 5.73 Å². The van der Waals surface area contributed by atoms with Crippen LogP contribution in [0.2, 0.25) is 0 Å². The van der Waals surface area contributed by atoms with Gasteiger partial charge in [-0.25, -0.2) is 9.07 Å². The maximum Gasteiger partial charge on any atom is 0.250 e. The molecular formula is C21H25FN4O. The minimum atomic E-state index is -0.895. The topological polar surface area (TPSA) is 72.9 Å². The van der Waals surface area contributed by atoms with Gasteiger partial charge in [-0.1, -0.05) is 37.8 Å². The van der Waals surface area contributed by atoms with Gasteiger partial charge in [-0.05, 0) is 37.6 Å². The predicted octanol–water partition coefficient (Wildman–Crippen LogP) is 3.45. The molecule has 1 aliphatic heterocycles. The number of allylic oxidation sites excluding steroid dienone is 4. The van der Waals surface area contributed by atoms with Gasteiger partial charge in [-0.15, -0.1) is 0 Å². The van der Waals surface area contributed by atoms with Gasteiger partial charge in [0.2, 0.25) is 0 Å². The molecule has 1 amide bonds. The van der Waals surface area contributed by atoms with Gasteiger partial charge in [0.15, 0.2) is 0 Å². The number of nitrogens with zero attached hydrogens (tertiary/aromatic N) is 2. The van der Waals surface area contributed by atoms with E-state index in [0.29, 0.717) is 36.3 Å². The quantitative estimate of drug-likeness (QED) is 0.794. The highest BCUT2D eigenvalue weighted by Gasteiger charge is 2.38.